The second-order valence-corrected chi connectivity index (χ2v) is 7.72. The quantitative estimate of drug-likeness (QED) is 0.771. The summed E-state index contributed by atoms with van der Waals surface area (Å²) in [5, 5.41) is 0. The van der Waals surface area contributed by atoms with E-state index in [0.29, 0.717) is 13.1 Å². The molecule has 2 saturated heterocycles. The highest BCUT2D eigenvalue weighted by molar-refractivity contribution is 9.10. The van der Waals surface area contributed by atoms with Crippen LogP contribution in [0.4, 0.5) is 0 Å². The monoisotopic (exact) mass is 408 g/mol. The van der Waals surface area contributed by atoms with Crippen LogP contribution < -0.4 is 0 Å². The summed E-state index contributed by atoms with van der Waals surface area (Å²) in [5.41, 5.74) is 0.717. The van der Waals surface area contributed by atoms with Gasteiger partial charge in [0.05, 0.1) is 0 Å². The molecule has 0 aliphatic carbocycles. The van der Waals surface area contributed by atoms with Crippen molar-refractivity contribution in [2.45, 2.75) is 44.7 Å². The van der Waals surface area contributed by atoms with E-state index in [2.05, 4.69) is 20.8 Å². The van der Waals surface area contributed by atoms with E-state index in [1.165, 1.54) is 0 Å². The summed E-state index contributed by atoms with van der Waals surface area (Å²) in [6, 6.07) is 8.00. The predicted molar refractivity (Wildman–Crippen MR) is 99.4 cm³/mol. The van der Waals surface area contributed by atoms with Gasteiger partial charge in [0, 0.05) is 55.3 Å². The molecule has 2 aliphatic heterocycles. The topological polar surface area (TPSA) is 49.9 Å². The Balaban J connectivity index is 1.60. The van der Waals surface area contributed by atoms with Crippen molar-refractivity contribution in [2.75, 3.05) is 26.3 Å². The molecule has 1 aromatic carbocycles. The van der Waals surface area contributed by atoms with Crippen LogP contribution in [0.25, 0.3) is 0 Å². The first-order valence-corrected chi connectivity index (χ1v) is 9.77. The van der Waals surface area contributed by atoms with Crippen LogP contribution in [0.2, 0.25) is 0 Å². The molecule has 5 nitrogen and oxygen atoms in total. The maximum Gasteiger partial charge on any atom is 0.253 e. The third kappa shape index (κ3) is 4.42. The van der Waals surface area contributed by atoms with Gasteiger partial charge in [0.2, 0.25) is 5.91 Å². The Morgan fingerprint density at radius 1 is 1.04 bits per heavy atom. The van der Waals surface area contributed by atoms with Gasteiger partial charge in [0.15, 0.2) is 0 Å². The van der Waals surface area contributed by atoms with Crippen molar-refractivity contribution >= 4 is 27.7 Å². The van der Waals surface area contributed by atoms with Crippen LogP contribution in [-0.4, -0.2) is 60.0 Å². The number of hydrogen-bond acceptors (Lipinski definition) is 3. The van der Waals surface area contributed by atoms with E-state index in [4.69, 9.17) is 4.74 Å². The normalized spacial score (nSPS) is 19.7. The maximum atomic E-state index is 12.6. The molecule has 2 aliphatic rings. The average Bonchev–Trinajstić information content (AvgIpc) is 2.63. The molecule has 3 rings (SSSR count). The van der Waals surface area contributed by atoms with E-state index >= 15 is 0 Å². The van der Waals surface area contributed by atoms with Gasteiger partial charge < -0.3 is 14.5 Å². The van der Waals surface area contributed by atoms with Gasteiger partial charge in [-0.1, -0.05) is 15.9 Å². The summed E-state index contributed by atoms with van der Waals surface area (Å²) in [6.45, 7) is 4.53. The van der Waals surface area contributed by atoms with Crippen LogP contribution in [-0.2, 0) is 9.53 Å². The average molecular weight is 409 g/mol. The maximum absolute atomic E-state index is 12.6. The Hall–Kier alpha value is -1.40. The van der Waals surface area contributed by atoms with Crippen molar-refractivity contribution in [1.29, 1.82) is 0 Å². The third-order valence-corrected chi connectivity index (χ3v) is 5.71. The number of hydrogen-bond donors (Lipinski definition) is 0. The summed E-state index contributed by atoms with van der Waals surface area (Å²) >= 11 is 3.39. The number of nitrogens with zero attached hydrogens (tertiary/aromatic N) is 2. The summed E-state index contributed by atoms with van der Waals surface area (Å²) in [4.78, 5) is 28.8. The number of ether oxygens (including phenoxy) is 1. The molecule has 0 aromatic heterocycles. The second-order valence-electron chi connectivity index (χ2n) is 6.80. The predicted octanol–water partition coefficient (Wildman–Crippen LogP) is 3.08. The molecule has 0 saturated carbocycles. The number of carbonyl (C=O) groups excluding carboxylic acids is 2. The Labute approximate surface area is 157 Å². The van der Waals surface area contributed by atoms with E-state index in [-0.39, 0.29) is 23.9 Å². The first kappa shape index (κ1) is 18.4. The molecule has 6 heteroatoms. The van der Waals surface area contributed by atoms with Crippen molar-refractivity contribution < 1.29 is 14.3 Å². The lowest BCUT2D eigenvalue weighted by Crippen LogP contribution is -2.53. The fourth-order valence-electron chi connectivity index (χ4n) is 3.90. The fraction of sp³-hybridized carbons (Fsp3) is 0.579. The highest BCUT2D eigenvalue weighted by atomic mass is 79.9. The molecular formula is C19H25BrN2O3. The molecular weight excluding hydrogens is 384 g/mol. The first-order chi connectivity index (χ1) is 12.1. The van der Waals surface area contributed by atoms with Crippen molar-refractivity contribution in [1.82, 2.24) is 9.80 Å². The largest absolute Gasteiger partial charge is 0.381 e. The van der Waals surface area contributed by atoms with Crippen LogP contribution in [0.15, 0.2) is 28.7 Å². The number of carbonyl (C=O) groups is 2. The lowest BCUT2D eigenvalue weighted by molar-refractivity contribution is -0.137. The van der Waals surface area contributed by atoms with E-state index in [9.17, 15) is 9.59 Å². The zero-order valence-electron chi connectivity index (χ0n) is 14.6. The summed E-state index contributed by atoms with van der Waals surface area (Å²) in [6.07, 6.45) is 3.52. The zero-order valence-corrected chi connectivity index (χ0v) is 16.2. The fourth-order valence-corrected chi connectivity index (χ4v) is 4.16. The Kier molecular flexibility index (Phi) is 6.12. The molecule has 0 unspecified atom stereocenters. The molecule has 136 valence electrons. The second kappa shape index (κ2) is 8.32. The summed E-state index contributed by atoms with van der Waals surface area (Å²) in [7, 11) is 0. The van der Waals surface area contributed by atoms with Gasteiger partial charge in [-0.3, -0.25) is 9.59 Å². The van der Waals surface area contributed by atoms with Crippen molar-refractivity contribution in [3.05, 3.63) is 34.3 Å². The Bertz CT molecular complexity index is 606. The van der Waals surface area contributed by atoms with Crippen LogP contribution in [0.1, 0.15) is 43.0 Å². The van der Waals surface area contributed by atoms with Crippen molar-refractivity contribution in [2.24, 2.45) is 0 Å². The number of halogens is 1. The molecule has 0 bridgehead atoms. The number of amides is 2. The minimum Gasteiger partial charge on any atom is -0.381 e. The molecule has 2 fully saturated rings. The van der Waals surface area contributed by atoms with E-state index in [1.807, 2.05) is 29.2 Å². The molecule has 0 spiro atoms. The molecule has 2 amide bonds. The lowest BCUT2D eigenvalue weighted by Gasteiger charge is -2.43. The third-order valence-electron chi connectivity index (χ3n) is 5.18. The van der Waals surface area contributed by atoms with Gasteiger partial charge in [-0.25, -0.2) is 0 Å². The van der Waals surface area contributed by atoms with Gasteiger partial charge >= 0.3 is 0 Å². The first-order valence-electron chi connectivity index (χ1n) is 8.98. The highest BCUT2D eigenvalue weighted by Crippen LogP contribution is 2.25. The van der Waals surface area contributed by atoms with Crippen molar-refractivity contribution in [3.8, 4) is 0 Å². The van der Waals surface area contributed by atoms with Crippen LogP contribution >= 0.6 is 15.9 Å². The number of rotatable bonds is 3. The van der Waals surface area contributed by atoms with Crippen molar-refractivity contribution in [3.63, 3.8) is 0 Å². The van der Waals surface area contributed by atoms with Gasteiger partial charge in [-0.05, 0) is 49.9 Å². The van der Waals surface area contributed by atoms with Crippen LogP contribution in [0.3, 0.4) is 0 Å². The minimum absolute atomic E-state index is 0.0754. The van der Waals surface area contributed by atoms with Crippen LogP contribution in [0.5, 0.6) is 0 Å². The smallest absolute Gasteiger partial charge is 0.253 e. The number of benzene rings is 1. The molecule has 25 heavy (non-hydrogen) atoms. The van der Waals surface area contributed by atoms with Gasteiger partial charge in [-0.15, -0.1) is 0 Å². The molecule has 0 N–H and O–H groups in total. The molecule has 0 radical (unpaired) electrons. The highest BCUT2D eigenvalue weighted by Gasteiger charge is 2.33. The zero-order chi connectivity index (χ0) is 17.8. The van der Waals surface area contributed by atoms with Gasteiger partial charge in [0.1, 0.15) is 0 Å². The SMILES string of the molecule is CC(=O)N(C1CCOCC1)C1CCN(C(=O)c2ccc(Br)cc2)CC1. The van der Waals surface area contributed by atoms with E-state index in [0.717, 1.165) is 48.9 Å². The summed E-state index contributed by atoms with van der Waals surface area (Å²) < 4.78 is 6.40. The molecule has 1 aromatic rings. The van der Waals surface area contributed by atoms with E-state index < -0.39 is 0 Å². The van der Waals surface area contributed by atoms with Gasteiger partial charge in [-0.2, -0.15) is 0 Å². The van der Waals surface area contributed by atoms with E-state index in [1.54, 1.807) is 6.92 Å². The number of likely N-dealkylation sites (tertiary alicyclic amines) is 1. The van der Waals surface area contributed by atoms with Gasteiger partial charge in [0.25, 0.3) is 5.91 Å². The summed E-state index contributed by atoms with van der Waals surface area (Å²) in [5.74, 6) is 0.218. The lowest BCUT2D eigenvalue weighted by atomic mass is 9.97. The Morgan fingerprint density at radius 3 is 2.16 bits per heavy atom. The minimum atomic E-state index is 0.0754. The number of piperidine rings is 1. The molecule has 0 atom stereocenters. The van der Waals surface area contributed by atoms with Crippen LogP contribution in [0, 0.1) is 0 Å². The molecule has 2 heterocycles. The standard InChI is InChI=1S/C19H25BrN2O3/c1-14(23)22(18-8-12-25-13-9-18)17-6-10-21(11-7-17)19(24)15-2-4-16(20)5-3-15/h2-5,17-18H,6-13H2,1H3. The Morgan fingerprint density at radius 2 is 1.60 bits per heavy atom.